The number of hydrogen-bond acceptors (Lipinski definition) is 7. The molecule has 0 aliphatic heterocycles. The Morgan fingerprint density at radius 3 is 2.54 bits per heavy atom. The summed E-state index contributed by atoms with van der Waals surface area (Å²) in [4.78, 5) is 21.1. The van der Waals surface area contributed by atoms with E-state index in [1.807, 2.05) is 13.8 Å². The maximum atomic E-state index is 12.2. The Balaban J connectivity index is 1.61. The van der Waals surface area contributed by atoms with Crippen molar-refractivity contribution in [3.8, 4) is 5.88 Å². The Kier molecular flexibility index (Phi) is 4.37. The molecular formula is C16H17N5O3. The number of rotatable bonds is 5. The van der Waals surface area contributed by atoms with E-state index in [4.69, 9.17) is 4.74 Å². The molecule has 0 fully saturated rings. The van der Waals surface area contributed by atoms with Crippen molar-refractivity contribution in [3.05, 3.63) is 40.8 Å². The molecule has 0 aliphatic rings. The van der Waals surface area contributed by atoms with Crippen molar-refractivity contribution in [2.24, 2.45) is 0 Å². The molecule has 1 amide bonds. The monoisotopic (exact) mass is 327 g/mol. The molecule has 3 rings (SSSR count). The van der Waals surface area contributed by atoms with Gasteiger partial charge < -0.3 is 10.1 Å². The van der Waals surface area contributed by atoms with Crippen LogP contribution in [0.25, 0.3) is 11.0 Å². The van der Waals surface area contributed by atoms with Gasteiger partial charge in [-0.2, -0.15) is 0 Å². The molecule has 0 atom stereocenters. The van der Waals surface area contributed by atoms with E-state index in [0.717, 1.165) is 16.9 Å². The average molecular weight is 327 g/mol. The van der Waals surface area contributed by atoms with Gasteiger partial charge in [0, 0.05) is 5.56 Å². The average Bonchev–Trinajstić information content (AvgIpc) is 2.97. The van der Waals surface area contributed by atoms with E-state index in [1.165, 1.54) is 0 Å². The van der Waals surface area contributed by atoms with Gasteiger partial charge in [-0.05, 0) is 44.1 Å². The normalized spacial score (nSPS) is 10.8. The van der Waals surface area contributed by atoms with E-state index in [-0.39, 0.29) is 12.5 Å². The standard InChI is InChI=1S/C16H17N5O3/c1-9-10(2)19-14-8-12(4-5-13(14)18-9)15(22)17-6-7-23-16-11(3)20-24-21-16/h4-5,8H,6-7H2,1-3H3,(H,17,22). The zero-order chi connectivity index (χ0) is 17.1. The first-order chi connectivity index (χ1) is 11.5. The van der Waals surface area contributed by atoms with Gasteiger partial charge >= 0.3 is 0 Å². The molecule has 0 spiro atoms. The van der Waals surface area contributed by atoms with Gasteiger partial charge in [-0.3, -0.25) is 4.79 Å². The first-order valence-corrected chi connectivity index (χ1v) is 7.50. The van der Waals surface area contributed by atoms with Gasteiger partial charge in [-0.1, -0.05) is 5.16 Å². The largest absolute Gasteiger partial charge is 0.472 e. The fraction of sp³-hybridized carbons (Fsp3) is 0.312. The zero-order valence-electron chi connectivity index (χ0n) is 13.7. The predicted octanol–water partition coefficient (Wildman–Crippen LogP) is 1.75. The van der Waals surface area contributed by atoms with Gasteiger partial charge in [-0.25, -0.2) is 14.6 Å². The molecule has 1 aromatic carbocycles. The number of carbonyl (C=O) groups is 1. The Hall–Kier alpha value is -3.03. The summed E-state index contributed by atoms with van der Waals surface area (Å²) in [6.45, 7) is 6.14. The number of ether oxygens (including phenoxy) is 1. The molecule has 1 N–H and O–H groups in total. The van der Waals surface area contributed by atoms with Crippen LogP contribution in [0, 0.1) is 20.8 Å². The van der Waals surface area contributed by atoms with Gasteiger partial charge in [0.1, 0.15) is 12.3 Å². The number of fused-ring (bicyclic) bond motifs is 1. The molecule has 8 nitrogen and oxygen atoms in total. The zero-order valence-corrected chi connectivity index (χ0v) is 13.7. The molecule has 24 heavy (non-hydrogen) atoms. The summed E-state index contributed by atoms with van der Waals surface area (Å²) in [6.07, 6.45) is 0. The van der Waals surface area contributed by atoms with Crippen LogP contribution in [0.3, 0.4) is 0 Å². The van der Waals surface area contributed by atoms with Gasteiger partial charge in [0.15, 0.2) is 0 Å². The van der Waals surface area contributed by atoms with E-state index < -0.39 is 0 Å². The summed E-state index contributed by atoms with van der Waals surface area (Å²) in [6, 6.07) is 5.26. The highest BCUT2D eigenvalue weighted by molar-refractivity contribution is 5.97. The van der Waals surface area contributed by atoms with Crippen molar-refractivity contribution in [3.63, 3.8) is 0 Å². The summed E-state index contributed by atoms with van der Waals surface area (Å²) in [7, 11) is 0. The number of aromatic nitrogens is 4. The Morgan fingerprint density at radius 2 is 1.83 bits per heavy atom. The van der Waals surface area contributed by atoms with Gasteiger partial charge in [0.05, 0.1) is 29.0 Å². The molecule has 3 aromatic rings. The molecule has 2 aromatic heterocycles. The third kappa shape index (κ3) is 3.32. The topological polar surface area (TPSA) is 103 Å². The van der Waals surface area contributed by atoms with Crippen molar-refractivity contribution >= 4 is 16.9 Å². The minimum atomic E-state index is -0.199. The maximum absolute atomic E-state index is 12.2. The molecule has 0 bridgehead atoms. The molecule has 0 radical (unpaired) electrons. The molecule has 0 aliphatic carbocycles. The summed E-state index contributed by atoms with van der Waals surface area (Å²) in [5, 5.41) is 9.99. The van der Waals surface area contributed by atoms with Gasteiger partial charge in [-0.15, -0.1) is 0 Å². The molecule has 0 saturated carbocycles. The van der Waals surface area contributed by atoms with Crippen LogP contribution >= 0.6 is 0 Å². The molecule has 0 unspecified atom stereocenters. The minimum absolute atomic E-state index is 0.199. The highest BCUT2D eigenvalue weighted by Crippen LogP contribution is 2.14. The number of amides is 1. The SMILES string of the molecule is Cc1nc2ccc(C(=O)NCCOc3nonc3C)cc2nc1C. The number of carbonyl (C=O) groups excluding carboxylic acids is 1. The third-order valence-electron chi connectivity index (χ3n) is 3.57. The lowest BCUT2D eigenvalue weighted by atomic mass is 10.1. The molecule has 0 saturated heterocycles. The molecule has 2 heterocycles. The number of benzene rings is 1. The highest BCUT2D eigenvalue weighted by Gasteiger charge is 2.09. The van der Waals surface area contributed by atoms with Crippen molar-refractivity contribution in [1.29, 1.82) is 0 Å². The Bertz CT molecular complexity index is 891. The summed E-state index contributed by atoms with van der Waals surface area (Å²) >= 11 is 0. The summed E-state index contributed by atoms with van der Waals surface area (Å²) in [5.41, 5.74) is 4.30. The molecular weight excluding hydrogens is 310 g/mol. The van der Waals surface area contributed by atoms with Crippen LogP contribution in [-0.2, 0) is 0 Å². The number of aryl methyl sites for hydroxylation is 3. The molecule has 8 heteroatoms. The van der Waals surface area contributed by atoms with Crippen molar-refractivity contribution in [2.75, 3.05) is 13.2 Å². The van der Waals surface area contributed by atoms with E-state index >= 15 is 0 Å². The smallest absolute Gasteiger partial charge is 0.278 e. The number of hydrogen-bond donors (Lipinski definition) is 1. The van der Waals surface area contributed by atoms with Crippen LogP contribution in [0.4, 0.5) is 0 Å². The lowest BCUT2D eigenvalue weighted by Crippen LogP contribution is -2.28. The molecule has 124 valence electrons. The lowest BCUT2D eigenvalue weighted by molar-refractivity contribution is 0.0946. The first-order valence-electron chi connectivity index (χ1n) is 7.50. The lowest BCUT2D eigenvalue weighted by Gasteiger charge is -2.07. The number of nitrogens with zero attached hydrogens (tertiary/aromatic N) is 4. The van der Waals surface area contributed by atoms with Crippen LogP contribution in [-0.4, -0.2) is 39.3 Å². The fourth-order valence-corrected chi connectivity index (χ4v) is 2.14. The summed E-state index contributed by atoms with van der Waals surface area (Å²) < 4.78 is 9.88. The van der Waals surface area contributed by atoms with E-state index in [0.29, 0.717) is 29.2 Å². The predicted molar refractivity (Wildman–Crippen MR) is 85.9 cm³/mol. The summed E-state index contributed by atoms with van der Waals surface area (Å²) in [5.74, 6) is 0.131. The van der Waals surface area contributed by atoms with Crippen LogP contribution < -0.4 is 10.1 Å². The van der Waals surface area contributed by atoms with E-state index in [1.54, 1.807) is 25.1 Å². The van der Waals surface area contributed by atoms with Crippen LogP contribution in [0.15, 0.2) is 22.8 Å². The van der Waals surface area contributed by atoms with E-state index in [2.05, 4.69) is 30.2 Å². The quantitative estimate of drug-likeness (QED) is 0.712. The van der Waals surface area contributed by atoms with Crippen LogP contribution in [0.5, 0.6) is 5.88 Å². The third-order valence-corrected chi connectivity index (χ3v) is 3.57. The fourth-order valence-electron chi connectivity index (χ4n) is 2.14. The minimum Gasteiger partial charge on any atom is -0.472 e. The van der Waals surface area contributed by atoms with Crippen molar-refractivity contribution < 1.29 is 14.2 Å². The van der Waals surface area contributed by atoms with E-state index in [9.17, 15) is 4.79 Å². The van der Waals surface area contributed by atoms with Gasteiger partial charge in [0.25, 0.3) is 11.8 Å². The Morgan fingerprint density at radius 1 is 1.08 bits per heavy atom. The van der Waals surface area contributed by atoms with Crippen LogP contribution in [0.2, 0.25) is 0 Å². The van der Waals surface area contributed by atoms with Gasteiger partial charge in [0.2, 0.25) is 0 Å². The number of nitrogens with one attached hydrogen (secondary N) is 1. The first kappa shape index (κ1) is 15.9. The van der Waals surface area contributed by atoms with Crippen LogP contribution in [0.1, 0.15) is 27.4 Å². The Labute approximate surface area is 138 Å². The second-order valence-corrected chi connectivity index (χ2v) is 5.36. The van der Waals surface area contributed by atoms with Crippen molar-refractivity contribution in [2.45, 2.75) is 20.8 Å². The second-order valence-electron chi connectivity index (χ2n) is 5.36. The highest BCUT2D eigenvalue weighted by atomic mass is 16.6. The maximum Gasteiger partial charge on any atom is 0.278 e. The van der Waals surface area contributed by atoms with Crippen molar-refractivity contribution in [1.82, 2.24) is 25.6 Å². The second kappa shape index (κ2) is 6.61.